The van der Waals surface area contributed by atoms with Crippen molar-refractivity contribution in [2.24, 2.45) is 0 Å². The fraction of sp³-hybridized carbons (Fsp3) is 0.727. The first-order valence-corrected chi connectivity index (χ1v) is 5.93. The quantitative estimate of drug-likeness (QED) is 0.824. The molecule has 1 saturated carbocycles. The number of aromatic nitrogens is 3. The Morgan fingerprint density at radius 3 is 2.75 bits per heavy atom. The Kier molecular flexibility index (Phi) is 2.47. The zero-order valence-electron chi connectivity index (χ0n) is 9.22. The van der Waals surface area contributed by atoms with Gasteiger partial charge < -0.3 is 10.5 Å². The molecule has 0 amide bonds. The van der Waals surface area contributed by atoms with Gasteiger partial charge in [-0.3, -0.25) is 0 Å². The van der Waals surface area contributed by atoms with E-state index in [0.717, 1.165) is 37.5 Å². The second kappa shape index (κ2) is 3.97. The summed E-state index contributed by atoms with van der Waals surface area (Å²) in [6, 6.07) is 0. The van der Waals surface area contributed by atoms with Gasteiger partial charge in [-0.1, -0.05) is 0 Å². The van der Waals surface area contributed by atoms with Crippen LogP contribution in [0.15, 0.2) is 0 Å². The molecular weight excluding hydrogens is 204 g/mol. The molecule has 2 N–H and O–H groups in total. The van der Waals surface area contributed by atoms with Crippen molar-refractivity contribution in [2.45, 2.75) is 44.1 Å². The van der Waals surface area contributed by atoms with Crippen molar-refractivity contribution >= 4 is 5.95 Å². The lowest BCUT2D eigenvalue weighted by Crippen LogP contribution is -2.14. The summed E-state index contributed by atoms with van der Waals surface area (Å²) in [7, 11) is 0. The topological polar surface area (TPSA) is 73.9 Å². The highest BCUT2D eigenvalue weighted by molar-refractivity contribution is 5.19. The molecule has 2 aliphatic rings. The number of nitrogens with zero attached hydrogens (tertiary/aromatic N) is 3. The molecule has 2 heterocycles. The van der Waals surface area contributed by atoms with Gasteiger partial charge in [0.2, 0.25) is 5.95 Å². The highest BCUT2D eigenvalue weighted by Crippen LogP contribution is 2.38. The molecule has 1 aromatic heterocycles. The molecule has 1 atom stereocenters. The highest BCUT2D eigenvalue weighted by Gasteiger charge is 2.28. The minimum Gasteiger partial charge on any atom is -0.378 e. The van der Waals surface area contributed by atoms with Crippen molar-refractivity contribution in [3.63, 3.8) is 0 Å². The molecule has 86 valence electrons. The molecule has 1 saturated heterocycles. The van der Waals surface area contributed by atoms with E-state index < -0.39 is 0 Å². The average molecular weight is 220 g/mol. The first kappa shape index (κ1) is 9.96. The smallest absolute Gasteiger partial charge is 0.223 e. The molecule has 1 aromatic rings. The summed E-state index contributed by atoms with van der Waals surface area (Å²) in [6.07, 6.45) is 5.65. The molecule has 16 heavy (non-hydrogen) atoms. The van der Waals surface area contributed by atoms with Gasteiger partial charge in [0.1, 0.15) is 11.6 Å². The van der Waals surface area contributed by atoms with E-state index in [1.807, 2.05) is 0 Å². The Morgan fingerprint density at radius 1 is 1.19 bits per heavy atom. The van der Waals surface area contributed by atoms with E-state index in [0.29, 0.717) is 11.9 Å². The minimum absolute atomic E-state index is 0.272. The largest absolute Gasteiger partial charge is 0.378 e. The van der Waals surface area contributed by atoms with E-state index in [1.54, 1.807) is 0 Å². The average Bonchev–Trinajstić information content (AvgIpc) is 2.98. The monoisotopic (exact) mass is 220 g/mol. The van der Waals surface area contributed by atoms with E-state index in [2.05, 4.69) is 15.0 Å². The number of hydrogen-bond donors (Lipinski definition) is 1. The van der Waals surface area contributed by atoms with Crippen LogP contribution in [0.25, 0.3) is 0 Å². The lowest BCUT2D eigenvalue weighted by atomic mass is 10.2. The molecule has 0 spiro atoms. The van der Waals surface area contributed by atoms with Crippen LogP contribution in [0.2, 0.25) is 0 Å². The number of nitrogen functional groups attached to an aromatic ring is 1. The first-order chi connectivity index (χ1) is 7.81. The second-order valence-corrected chi connectivity index (χ2v) is 4.58. The van der Waals surface area contributed by atoms with Crippen LogP contribution in [0.5, 0.6) is 0 Å². The summed E-state index contributed by atoms with van der Waals surface area (Å²) in [5.41, 5.74) is 5.70. The van der Waals surface area contributed by atoms with Crippen molar-refractivity contribution in [3.8, 4) is 0 Å². The molecule has 5 heteroatoms. The van der Waals surface area contributed by atoms with Crippen molar-refractivity contribution < 1.29 is 4.74 Å². The van der Waals surface area contributed by atoms with E-state index in [9.17, 15) is 0 Å². The Balaban J connectivity index is 1.76. The lowest BCUT2D eigenvalue weighted by Gasteiger charge is -2.08. The van der Waals surface area contributed by atoms with Gasteiger partial charge in [0.25, 0.3) is 0 Å². The summed E-state index contributed by atoms with van der Waals surface area (Å²) >= 11 is 0. The fourth-order valence-electron chi connectivity index (χ4n) is 2.08. The van der Waals surface area contributed by atoms with Gasteiger partial charge in [-0.15, -0.1) is 0 Å². The van der Waals surface area contributed by atoms with Gasteiger partial charge in [-0.05, 0) is 25.7 Å². The molecule has 2 fully saturated rings. The van der Waals surface area contributed by atoms with Crippen LogP contribution in [0, 0.1) is 0 Å². The van der Waals surface area contributed by atoms with Crippen molar-refractivity contribution in [2.75, 3.05) is 12.3 Å². The van der Waals surface area contributed by atoms with E-state index >= 15 is 0 Å². The van der Waals surface area contributed by atoms with Gasteiger partial charge >= 0.3 is 0 Å². The van der Waals surface area contributed by atoms with Crippen LogP contribution >= 0.6 is 0 Å². The third-order valence-electron chi connectivity index (χ3n) is 3.09. The normalized spacial score (nSPS) is 24.9. The molecule has 3 rings (SSSR count). The standard InChI is InChI=1S/C11H16N4O/c12-11-14-9(6-8-2-1-5-16-8)13-10(15-11)7-3-4-7/h7-8H,1-6H2,(H2,12,13,14,15). The van der Waals surface area contributed by atoms with E-state index in [-0.39, 0.29) is 6.10 Å². The molecule has 1 aliphatic heterocycles. The second-order valence-electron chi connectivity index (χ2n) is 4.58. The van der Waals surface area contributed by atoms with Crippen molar-refractivity contribution in [3.05, 3.63) is 11.6 Å². The van der Waals surface area contributed by atoms with Crippen LogP contribution in [-0.2, 0) is 11.2 Å². The minimum atomic E-state index is 0.272. The number of anilines is 1. The van der Waals surface area contributed by atoms with Gasteiger partial charge in [-0.2, -0.15) is 9.97 Å². The number of nitrogens with two attached hydrogens (primary N) is 1. The fourth-order valence-corrected chi connectivity index (χ4v) is 2.08. The maximum atomic E-state index is 5.70. The van der Waals surface area contributed by atoms with Crippen molar-refractivity contribution in [1.82, 2.24) is 15.0 Å². The third-order valence-corrected chi connectivity index (χ3v) is 3.09. The Labute approximate surface area is 94.5 Å². The van der Waals surface area contributed by atoms with Crippen LogP contribution < -0.4 is 5.73 Å². The van der Waals surface area contributed by atoms with E-state index in [1.165, 1.54) is 12.8 Å². The van der Waals surface area contributed by atoms with Gasteiger partial charge in [0.15, 0.2) is 0 Å². The Hall–Kier alpha value is -1.23. The summed E-state index contributed by atoms with van der Waals surface area (Å²) in [4.78, 5) is 12.8. The molecule has 0 bridgehead atoms. The Bertz CT molecular complexity index is 386. The molecule has 1 aliphatic carbocycles. The summed E-state index contributed by atoms with van der Waals surface area (Å²) in [6.45, 7) is 0.862. The van der Waals surface area contributed by atoms with Crippen LogP contribution in [-0.4, -0.2) is 27.7 Å². The summed E-state index contributed by atoms with van der Waals surface area (Å²) in [5, 5.41) is 0. The van der Waals surface area contributed by atoms with E-state index in [4.69, 9.17) is 10.5 Å². The maximum Gasteiger partial charge on any atom is 0.223 e. The summed E-state index contributed by atoms with van der Waals surface area (Å²) < 4.78 is 5.57. The number of rotatable bonds is 3. The maximum absolute atomic E-state index is 5.70. The van der Waals surface area contributed by atoms with Crippen molar-refractivity contribution in [1.29, 1.82) is 0 Å². The first-order valence-electron chi connectivity index (χ1n) is 5.93. The van der Waals surface area contributed by atoms with Gasteiger partial charge in [0.05, 0.1) is 6.10 Å². The molecule has 0 radical (unpaired) electrons. The summed E-state index contributed by atoms with van der Waals surface area (Å²) in [5.74, 6) is 2.54. The van der Waals surface area contributed by atoms with Gasteiger partial charge in [0, 0.05) is 18.9 Å². The Morgan fingerprint density at radius 2 is 2.06 bits per heavy atom. The highest BCUT2D eigenvalue weighted by atomic mass is 16.5. The predicted molar refractivity (Wildman–Crippen MR) is 58.9 cm³/mol. The van der Waals surface area contributed by atoms with Crippen LogP contribution in [0.4, 0.5) is 5.95 Å². The molecule has 5 nitrogen and oxygen atoms in total. The lowest BCUT2D eigenvalue weighted by molar-refractivity contribution is 0.110. The zero-order chi connectivity index (χ0) is 11.0. The number of ether oxygens (including phenoxy) is 1. The predicted octanol–water partition coefficient (Wildman–Crippen LogP) is 1.05. The SMILES string of the molecule is Nc1nc(CC2CCCO2)nc(C2CC2)n1. The zero-order valence-corrected chi connectivity index (χ0v) is 9.22. The third kappa shape index (κ3) is 2.14. The number of hydrogen-bond acceptors (Lipinski definition) is 5. The molecular formula is C11H16N4O. The van der Waals surface area contributed by atoms with Gasteiger partial charge in [-0.25, -0.2) is 4.98 Å². The van der Waals surface area contributed by atoms with Crippen LogP contribution in [0.1, 0.15) is 43.3 Å². The molecule has 1 unspecified atom stereocenters. The molecule has 0 aromatic carbocycles. The van der Waals surface area contributed by atoms with Crippen LogP contribution in [0.3, 0.4) is 0 Å².